The summed E-state index contributed by atoms with van der Waals surface area (Å²) in [5.74, 6) is -0.0244. The van der Waals surface area contributed by atoms with Crippen LogP contribution in [0.2, 0.25) is 0 Å². The summed E-state index contributed by atoms with van der Waals surface area (Å²) in [6.07, 6.45) is 4.63. The number of rotatable bonds is 4. The number of nitrogens with zero attached hydrogens (tertiary/aromatic N) is 1. The van der Waals surface area contributed by atoms with Gasteiger partial charge in [-0.15, -0.1) is 11.3 Å². The van der Waals surface area contributed by atoms with Crippen LogP contribution in [0.1, 0.15) is 36.9 Å². The number of ether oxygens (including phenoxy) is 1. The van der Waals surface area contributed by atoms with Gasteiger partial charge in [0.25, 0.3) is 11.8 Å². The van der Waals surface area contributed by atoms with Crippen LogP contribution >= 0.6 is 11.3 Å². The highest BCUT2D eigenvalue weighted by atomic mass is 32.1. The van der Waals surface area contributed by atoms with E-state index in [4.69, 9.17) is 4.74 Å². The smallest absolute Gasteiger partial charge is 0.279 e. The van der Waals surface area contributed by atoms with Gasteiger partial charge < -0.3 is 4.74 Å². The van der Waals surface area contributed by atoms with Gasteiger partial charge in [0.05, 0.1) is 29.4 Å². The number of carbonyl (C=O) groups excluding carboxylic acids is 2. The summed E-state index contributed by atoms with van der Waals surface area (Å²) in [5.41, 5.74) is 7.89. The number of hydrazine groups is 1. The van der Waals surface area contributed by atoms with Crippen molar-refractivity contribution in [2.45, 2.75) is 19.3 Å². The number of aromatic nitrogens is 2. The largest absolute Gasteiger partial charge is 0.497 e. The molecule has 1 aliphatic rings. The molecule has 0 atom stereocenters. The van der Waals surface area contributed by atoms with Gasteiger partial charge in [0.1, 0.15) is 5.75 Å². The number of thiophene rings is 1. The Bertz CT molecular complexity index is 969. The summed E-state index contributed by atoms with van der Waals surface area (Å²) < 4.78 is 5.14. The van der Waals surface area contributed by atoms with Crippen LogP contribution in [-0.2, 0) is 12.8 Å². The second-order valence-electron chi connectivity index (χ2n) is 6.21. The Hall–Kier alpha value is -3.13. The molecular weight excluding hydrogens is 364 g/mol. The number of fused-ring (bicyclic) bond motifs is 1. The normalized spacial score (nSPS) is 12.5. The first-order valence-electron chi connectivity index (χ1n) is 8.56. The minimum Gasteiger partial charge on any atom is -0.497 e. The van der Waals surface area contributed by atoms with E-state index >= 15 is 0 Å². The lowest BCUT2D eigenvalue weighted by molar-refractivity contribution is 0.0849. The van der Waals surface area contributed by atoms with E-state index in [1.54, 1.807) is 19.2 Å². The summed E-state index contributed by atoms with van der Waals surface area (Å²) in [6.45, 7) is 0. The zero-order valence-electron chi connectivity index (χ0n) is 14.7. The number of H-pyrrole nitrogens is 1. The zero-order chi connectivity index (χ0) is 18.8. The molecule has 0 spiro atoms. The lowest BCUT2D eigenvalue weighted by Gasteiger charge is -2.07. The third-order valence-corrected chi connectivity index (χ3v) is 5.76. The van der Waals surface area contributed by atoms with Crippen molar-refractivity contribution in [3.63, 3.8) is 0 Å². The van der Waals surface area contributed by atoms with E-state index in [0.717, 1.165) is 30.6 Å². The number of nitrogens with one attached hydrogen (secondary N) is 3. The van der Waals surface area contributed by atoms with Crippen LogP contribution in [0.15, 0.2) is 36.5 Å². The molecule has 3 N–H and O–H groups in total. The molecule has 0 aliphatic heterocycles. The monoisotopic (exact) mass is 382 g/mol. The molecule has 2 aromatic heterocycles. The van der Waals surface area contributed by atoms with Crippen molar-refractivity contribution in [3.8, 4) is 17.0 Å². The van der Waals surface area contributed by atoms with Crippen molar-refractivity contribution in [2.24, 2.45) is 0 Å². The maximum absolute atomic E-state index is 12.5. The average molecular weight is 382 g/mol. The molecule has 0 bridgehead atoms. The first kappa shape index (κ1) is 17.3. The highest BCUT2D eigenvalue weighted by Crippen LogP contribution is 2.30. The summed E-state index contributed by atoms with van der Waals surface area (Å²) >= 11 is 1.49. The Morgan fingerprint density at radius 2 is 1.93 bits per heavy atom. The van der Waals surface area contributed by atoms with Gasteiger partial charge in [-0.1, -0.05) is 0 Å². The molecule has 27 heavy (non-hydrogen) atoms. The summed E-state index contributed by atoms with van der Waals surface area (Å²) in [5, 5.41) is 6.78. The Balaban J connectivity index is 1.44. The van der Waals surface area contributed by atoms with Crippen molar-refractivity contribution in [1.82, 2.24) is 21.0 Å². The zero-order valence-corrected chi connectivity index (χ0v) is 15.5. The highest BCUT2D eigenvalue weighted by molar-refractivity contribution is 7.14. The van der Waals surface area contributed by atoms with Crippen molar-refractivity contribution in [1.29, 1.82) is 0 Å². The van der Waals surface area contributed by atoms with Gasteiger partial charge in [0.15, 0.2) is 0 Å². The molecule has 0 fully saturated rings. The molecule has 2 amide bonds. The molecule has 0 unspecified atom stereocenters. The topological polar surface area (TPSA) is 96.1 Å². The predicted octanol–water partition coefficient (Wildman–Crippen LogP) is 2.71. The van der Waals surface area contributed by atoms with E-state index in [1.807, 2.05) is 18.2 Å². The molecule has 138 valence electrons. The van der Waals surface area contributed by atoms with E-state index in [-0.39, 0.29) is 5.91 Å². The van der Waals surface area contributed by atoms with Gasteiger partial charge in [-0.25, -0.2) is 0 Å². The quantitative estimate of drug-likeness (QED) is 0.605. The van der Waals surface area contributed by atoms with E-state index in [1.165, 1.54) is 28.0 Å². The fraction of sp³-hybridized carbons (Fsp3) is 0.211. The third kappa shape index (κ3) is 3.43. The predicted molar refractivity (Wildman–Crippen MR) is 102 cm³/mol. The number of hydrogen-bond acceptors (Lipinski definition) is 5. The molecule has 0 radical (unpaired) electrons. The molecule has 7 nitrogen and oxygen atoms in total. The van der Waals surface area contributed by atoms with E-state index < -0.39 is 5.91 Å². The number of aromatic amines is 1. The fourth-order valence-corrected chi connectivity index (χ4v) is 4.27. The van der Waals surface area contributed by atoms with Crippen molar-refractivity contribution in [3.05, 3.63) is 57.4 Å². The molecule has 8 heteroatoms. The fourth-order valence-electron chi connectivity index (χ4n) is 3.12. The Morgan fingerprint density at radius 1 is 1.15 bits per heavy atom. The molecule has 4 rings (SSSR count). The minimum absolute atomic E-state index is 0.308. The molecule has 0 saturated heterocycles. The van der Waals surface area contributed by atoms with Crippen molar-refractivity contribution < 1.29 is 14.3 Å². The number of hydrogen-bond donors (Lipinski definition) is 3. The van der Waals surface area contributed by atoms with Crippen LogP contribution in [0, 0.1) is 0 Å². The van der Waals surface area contributed by atoms with Gasteiger partial charge >= 0.3 is 0 Å². The van der Waals surface area contributed by atoms with Crippen LogP contribution in [0.4, 0.5) is 0 Å². The summed E-state index contributed by atoms with van der Waals surface area (Å²) in [4.78, 5) is 26.7. The van der Waals surface area contributed by atoms with Crippen LogP contribution in [0.25, 0.3) is 11.3 Å². The lowest BCUT2D eigenvalue weighted by Crippen LogP contribution is -2.41. The molecule has 3 aromatic rings. The SMILES string of the molecule is COc1ccc(-c2[nH]ncc2C(=O)NNC(=O)c2cc3c(s2)CCC3)cc1. The summed E-state index contributed by atoms with van der Waals surface area (Å²) in [7, 11) is 1.59. The van der Waals surface area contributed by atoms with Crippen LogP contribution in [0.5, 0.6) is 5.75 Å². The first-order valence-corrected chi connectivity index (χ1v) is 9.37. The molecule has 1 aliphatic carbocycles. The Kier molecular flexibility index (Phi) is 4.64. The van der Waals surface area contributed by atoms with Gasteiger partial charge in [0.2, 0.25) is 0 Å². The highest BCUT2D eigenvalue weighted by Gasteiger charge is 2.20. The van der Waals surface area contributed by atoms with Crippen LogP contribution in [0.3, 0.4) is 0 Å². The van der Waals surface area contributed by atoms with Crippen molar-refractivity contribution >= 4 is 23.2 Å². The van der Waals surface area contributed by atoms with Gasteiger partial charge in [-0.3, -0.25) is 25.5 Å². The second kappa shape index (κ2) is 7.24. The molecule has 0 saturated carbocycles. The number of aryl methyl sites for hydroxylation is 2. The van der Waals surface area contributed by atoms with E-state index in [0.29, 0.717) is 16.1 Å². The maximum Gasteiger partial charge on any atom is 0.279 e. The Morgan fingerprint density at radius 3 is 2.67 bits per heavy atom. The maximum atomic E-state index is 12.5. The van der Waals surface area contributed by atoms with Crippen LogP contribution < -0.4 is 15.6 Å². The van der Waals surface area contributed by atoms with E-state index in [9.17, 15) is 9.59 Å². The molecule has 1 aromatic carbocycles. The average Bonchev–Trinajstić information content (AvgIpc) is 3.41. The molecule has 2 heterocycles. The lowest BCUT2D eigenvalue weighted by atomic mass is 10.1. The second-order valence-corrected chi connectivity index (χ2v) is 7.34. The number of amides is 2. The number of methoxy groups -OCH3 is 1. The van der Waals surface area contributed by atoms with Gasteiger partial charge in [0, 0.05) is 10.4 Å². The minimum atomic E-state index is -0.438. The first-order chi connectivity index (χ1) is 13.2. The van der Waals surface area contributed by atoms with Crippen molar-refractivity contribution in [2.75, 3.05) is 7.11 Å². The van der Waals surface area contributed by atoms with Gasteiger partial charge in [-0.2, -0.15) is 5.10 Å². The third-order valence-electron chi connectivity index (χ3n) is 4.52. The summed E-state index contributed by atoms with van der Waals surface area (Å²) in [6, 6.07) is 9.17. The Labute approximate surface area is 159 Å². The number of carbonyl (C=O) groups is 2. The molecular formula is C19H18N4O3S. The van der Waals surface area contributed by atoms with Gasteiger partial charge in [-0.05, 0) is 55.2 Å². The van der Waals surface area contributed by atoms with E-state index in [2.05, 4.69) is 21.0 Å². The number of benzene rings is 1. The standard InChI is InChI=1S/C19H18N4O3S/c1-26-13-7-5-11(6-8-13)17-14(10-20-21-17)18(24)22-23-19(25)16-9-12-3-2-4-15(12)27-16/h5-10H,2-4H2,1H3,(H,20,21)(H,22,24)(H,23,25). The van der Waals surface area contributed by atoms with Crippen LogP contribution in [-0.4, -0.2) is 29.1 Å².